The normalized spacial score (nSPS) is 14.1. The smallest absolute Gasteiger partial charge is 0.244 e. The van der Waals surface area contributed by atoms with E-state index in [0.29, 0.717) is 6.54 Å². The number of hydrogen-bond acceptors (Lipinski definition) is 3. The Hall–Kier alpha value is -2.02. The number of carbonyl (C=O) groups is 1. The van der Waals surface area contributed by atoms with Gasteiger partial charge in [-0.2, -0.15) is 0 Å². The van der Waals surface area contributed by atoms with Crippen LogP contribution in [-0.2, 0) is 4.79 Å². The van der Waals surface area contributed by atoms with Crippen LogP contribution in [0.15, 0.2) is 12.3 Å². The molecule has 1 aliphatic heterocycles. The van der Waals surface area contributed by atoms with Crippen molar-refractivity contribution in [2.24, 2.45) is 0 Å². The van der Waals surface area contributed by atoms with Crippen LogP contribution in [0.4, 0.5) is 11.5 Å². The van der Waals surface area contributed by atoms with E-state index in [0.717, 1.165) is 17.1 Å². The third kappa shape index (κ3) is 1.77. The standard InChI is InChI=1S/C11H11N3O/c1-3-4-14-7-10(15)13-9-5-8(2)6-12-11(9)14/h1,5-6H,4,7H2,2H3,(H,13,15). The lowest BCUT2D eigenvalue weighted by Crippen LogP contribution is -2.39. The molecule has 4 nitrogen and oxygen atoms in total. The van der Waals surface area contributed by atoms with Gasteiger partial charge < -0.3 is 10.2 Å². The van der Waals surface area contributed by atoms with Crippen LogP contribution in [0.1, 0.15) is 5.56 Å². The number of nitrogens with zero attached hydrogens (tertiary/aromatic N) is 2. The molecular formula is C11H11N3O. The van der Waals surface area contributed by atoms with E-state index in [1.165, 1.54) is 0 Å². The predicted molar refractivity (Wildman–Crippen MR) is 58.6 cm³/mol. The van der Waals surface area contributed by atoms with Crippen molar-refractivity contribution in [3.8, 4) is 12.3 Å². The summed E-state index contributed by atoms with van der Waals surface area (Å²) in [5.41, 5.74) is 1.75. The number of fused-ring (bicyclic) bond motifs is 1. The van der Waals surface area contributed by atoms with Crippen molar-refractivity contribution in [2.45, 2.75) is 6.92 Å². The maximum Gasteiger partial charge on any atom is 0.244 e. The summed E-state index contributed by atoms with van der Waals surface area (Å²) in [6, 6.07) is 1.89. The molecule has 1 aromatic rings. The van der Waals surface area contributed by atoms with Gasteiger partial charge in [0.25, 0.3) is 0 Å². The number of nitrogens with one attached hydrogen (secondary N) is 1. The van der Waals surface area contributed by atoms with Crippen molar-refractivity contribution in [1.82, 2.24) is 4.98 Å². The molecule has 1 amide bonds. The number of hydrogen-bond donors (Lipinski definition) is 1. The lowest BCUT2D eigenvalue weighted by molar-refractivity contribution is -0.115. The minimum absolute atomic E-state index is 0.0508. The molecule has 76 valence electrons. The van der Waals surface area contributed by atoms with E-state index in [9.17, 15) is 4.79 Å². The van der Waals surface area contributed by atoms with E-state index in [2.05, 4.69) is 16.2 Å². The third-order valence-corrected chi connectivity index (χ3v) is 2.19. The molecule has 0 saturated heterocycles. The molecule has 0 spiro atoms. The average Bonchev–Trinajstić information content (AvgIpc) is 2.17. The molecule has 0 saturated carbocycles. The Morgan fingerprint density at radius 2 is 2.53 bits per heavy atom. The first-order chi connectivity index (χ1) is 7.20. The lowest BCUT2D eigenvalue weighted by Gasteiger charge is -2.28. The van der Waals surface area contributed by atoms with E-state index < -0.39 is 0 Å². The van der Waals surface area contributed by atoms with E-state index in [1.807, 2.05) is 13.0 Å². The summed E-state index contributed by atoms with van der Waals surface area (Å²) in [5, 5.41) is 2.78. The first-order valence-electron chi connectivity index (χ1n) is 4.65. The molecule has 0 unspecified atom stereocenters. The van der Waals surface area contributed by atoms with Crippen LogP contribution >= 0.6 is 0 Å². The molecule has 0 atom stereocenters. The summed E-state index contributed by atoms with van der Waals surface area (Å²) in [4.78, 5) is 17.4. The van der Waals surface area contributed by atoms with Gasteiger partial charge in [0.1, 0.15) is 0 Å². The van der Waals surface area contributed by atoms with Crippen molar-refractivity contribution in [2.75, 3.05) is 23.3 Å². The van der Waals surface area contributed by atoms with Gasteiger partial charge in [0.2, 0.25) is 5.91 Å². The molecule has 0 bridgehead atoms. The maximum absolute atomic E-state index is 11.4. The van der Waals surface area contributed by atoms with Crippen LogP contribution in [0.5, 0.6) is 0 Å². The first-order valence-corrected chi connectivity index (χ1v) is 4.65. The maximum atomic E-state index is 11.4. The van der Waals surface area contributed by atoms with Crippen LogP contribution in [0.25, 0.3) is 0 Å². The fourth-order valence-corrected chi connectivity index (χ4v) is 1.58. The molecule has 2 rings (SSSR count). The van der Waals surface area contributed by atoms with Gasteiger partial charge in [0.15, 0.2) is 5.82 Å². The van der Waals surface area contributed by atoms with Gasteiger partial charge in [-0.1, -0.05) is 5.92 Å². The Morgan fingerprint density at radius 3 is 3.27 bits per heavy atom. The highest BCUT2D eigenvalue weighted by atomic mass is 16.2. The highest BCUT2D eigenvalue weighted by Crippen LogP contribution is 2.26. The van der Waals surface area contributed by atoms with Gasteiger partial charge >= 0.3 is 0 Å². The van der Waals surface area contributed by atoms with Crippen LogP contribution in [0, 0.1) is 19.3 Å². The Labute approximate surface area is 88.3 Å². The zero-order chi connectivity index (χ0) is 10.8. The number of terminal acetylenes is 1. The van der Waals surface area contributed by atoms with Crippen molar-refractivity contribution >= 4 is 17.4 Å². The molecule has 0 aromatic carbocycles. The molecular weight excluding hydrogens is 190 g/mol. The van der Waals surface area contributed by atoms with Crippen molar-refractivity contribution in [1.29, 1.82) is 0 Å². The largest absolute Gasteiger partial charge is 0.334 e. The van der Waals surface area contributed by atoms with Gasteiger partial charge in [0.05, 0.1) is 18.8 Å². The Kier molecular flexibility index (Phi) is 2.30. The topological polar surface area (TPSA) is 45.2 Å². The molecule has 1 aliphatic rings. The third-order valence-electron chi connectivity index (χ3n) is 2.19. The van der Waals surface area contributed by atoms with Crippen LogP contribution in [0.2, 0.25) is 0 Å². The molecule has 2 heterocycles. The van der Waals surface area contributed by atoms with Crippen LogP contribution in [0.3, 0.4) is 0 Å². The Morgan fingerprint density at radius 1 is 1.73 bits per heavy atom. The molecule has 0 aliphatic carbocycles. The Bertz CT molecular complexity index is 448. The van der Waals surface area contributed by atoms with Gasteiger partial charge in [0, 0.05) is 6.20 Å². The van der Waals surface area contributed by atoms with Gasteiger partial charge in [-0.25, -0.2) is 4.98 Å². The zero-order valence-electron chi connectivity index (χ0n) is 8.45. The lowest BCUT2D eigenvalue weighted by atomic mass is 10.2. The minimum Gasteiger partial charge on any atom is -0.334 e. The summed E-state index contributed by atoms with van der Waals surface area (Å²) < 4.78 is 0. The monoisotopic (exact) mass is 201 g/mol. The van der Waals surface area contributed by atoms with E-state index in [1.54, 1.807) is 11.1 Å². The van der Waals surface area contributed by atoms with Gasteiger partial charge in [-0.15, -0.1) is 6.42 Å². The number of carbonyl (C=O) groups excluding carboxylic acids is 1. The highest BCUT2D eigenvalue weighted by molar-refractivity contribution is 6.00. The SMILES string of the molecule is C#CCN1CC(=O)Nc2cc(C)cnc21. The molecule has 0 fully saturated rings. The molecule has 1 N–H and O–H groups in total. The average molecular weight is 201 g/mol. The fourth-order valence-electron chi connectivity index (χ4n) is 1.58. The second kappa shape index (κ2) is 3.62. The highest BCUT2D eigenvalue weighted by Gasteiger charge is 2.22. The minimum atomic E-state index is -0.0508. The van der Waals surface area contributed by atoms with Crippen molar-refractivity contribution < 1.29 is 4.79 Å². The van der Waals surface area contributed by atoms with Gasteiger partial charge in [-0.05, 0) is 18.6 Å². The number of aromatic nitrogens is 1. The zero-order valence-corrected chi connectivity index (χ0v) is 8.45. The molecule has 0 radical (unpaired) electrons. The summed E-state index contributed by atoms with van der Waals surface area (Å²) >= 11 is 0. The van der Waals surface area contributed by atoms with Crippen LogP contribution < -0.4 is 10.2 Å². The summed E-state index contributed by atoms with van der Waals surface area (Å²) in [6.07, 6.45) is 7.00. The fraction of sp³-hybridized carbons (Fsp3) is 0.273. The van der Waals surface area contributed by atoms with E-state index in [-0.39, 0.29) is 12.5 Å². The van der Waals surface area contributed by atoms with Gasteiger partial charge in [-0.3, -0.25) is 4.79 Å². The number of pyridine rings is 1. The summed E-state index contributed by atoms with van der Waals surface area (Å²) in [5.74, 6) is 3.22. The summed E-state index contributed by atoms with van der Waals surface area (Å²) in [7, 11) is 0. The van der Waals surface area contributed by atoms with E-state index >= 15 is 0 Å². The molecule has 4 heteroatoms. The number of aryl methyl sites for hydroxylation is 1. The number of anilines is 2. The molecule has 1 aromatic heterocycles. The predicted octanol–water partition coefficient (Wildman–Crippen LogP) is 0.782. The number of amides is 1. The van der Waals surface area contributed by atoms with Crippen molar-refractivity contribution in [3.63, 3.8) is 0 Å². The van der Waals surface area contributed by atoms with Crippen molar-refractivity contribution in [3.05, 3.63) is 17.8 Å². The molecule has 15 heavy (non-hydrogen) atoms. The second-order valence-corrected chi connectivity index (χ2v) is 3.49. The van der Waals surface area contributed by atoms with Crippen LogP contribution in [-0.4, -0.2) is 24.0 Å². The second-order valence-electron chi connectivity index (χ2n) is 3.49. The quantitative estimate of drug-likeness (QED) is 0.683. The first kappa shape index (κ1) is 9.53. The van der Waals surface area contributed by atoms with E-state index in [4.69, 9.17) is 6.42 Å². The summed E-state index contributed by atoms with van der Waals surface area (Å²) in [6.45, 7) is 2.60. The Balaban J connectivity index is 2.42. The number of rotatable bonds is 1.